The Labute approximate surface area is 86.4 Å². The van der Waals surface area contributed by atoms with Crippen molar-refractivity contribution in [2.24, 2.45) is 5.16 Å². The third-order valence-corrected chi connectivity index (χ3v) is 2.43. The van der Waals surface area contributed by atoms with Crippen molar-refractivity contribution >= 4 is 23.8 Å². The summed E-state index contributed by atoms with van der Waals surface area (Å²) in [6, 6.07) is 3.75. The minimum Gasteiger partial charge on any atom is -0.399 e. The van der Waals surface area contributed by atoms with Crippen LogP contribution in [0.4, 0.5) is 0 Å². The molecule has 0 saturated heterocycles. The molecule has 5 heteroatoms. The van der Waals surface area contributed by atoms with Crippen molar-refractivity contribution in [2.45, 2.75) is 4.90 Å². The third kappa shape index (κ3) is 3.57. The van der Waals surface area contributed by atoms with Gasteiger partial charge in [0.1, 0.15) is 12.8 Å². The number of nitrogens with zero attached hydrogens (tertiary/aromatic N) is 2. The van der Waals surface area contributed by atoms with E-state index in [0.29, 0.717) is 17.8 Å². The molecule has 0 saturated carbocycles. The normalized spacial score (nSPS) is 11.1. The van der Waals surface area contributed by atoms with Gasteiger partial charge in [0.05, 0.1) is 0 Å². The molecular weight excluding hydrogens is 200 g/mol. The van der Waals surface area contributed by atoms with Gasteiger partial charge < -0.3 is 4.84 Å². The fraction of sp³-hybridized carbons (Fsp3) is 0.222. The van der Waals surface area contributed by atoms with E-state index in [1.165, 1.54) is 18.9 Å². The monoisotopic (exact) mass is 210 g/mol. The molecular formula is C9H10N2O2S. The van der Waals surface area contributed by atoms with Crippen molar-refractivity contribution in [3.8, 4) is 0 Å². The van der Waals surface area contributed by atoms with Gasteiger partial charge in [-0.2, -0.15) is 0 Å². The van der Waals surface area contributed by atoms with E-state index in [4.69, 9.17) is 0 Å². The lowest BCUT2D eigenvalue weighted by atomic mass is 10.5. The Hall–Kier alpha value is -1.36. The first kappa shape index (κ1) is 10.7. The van der Waals surface area contributed by atoms with E-state index in [0.717, 1.165) is 4.90 Å². The average molecular weight is 210 g/mol. The Morgan fingerprint density at radius 3 is 2.93 bits per heavy atom. The van der Waals surface area contributed by atoms with Crippen molar-refractivity contribution in [3.63, 3.8) is 0 Å². The zero-order chi connectivity index (χ0) is 10.2. The lowest BCUT2D eigenvalue weighted by Crippen LogP contribution is -2.03. The standard InChI is InChI=1S/C9H10N2O2S/c1-13-11-8(6-12)7-14-9-2-4-10-5-3-9/h2-6H,7H2,1H3/b11-8+. The number of pyridine rings is 1. The summed E-state index contributed by atoms with van der Waals surface area (Å²) in [4.78, 5) is 19.9. The summed E-state index contributed by atoms with van der Waals surface area (Å²) in [6.45, 7) is 0. The number of carbonyl (C=O) groups excluding carboxylic acids is 1. The summed E-state index contributed by atoms with van der Waals surface area (Å²) >= 11 is 1.51. The largest absolute Gasteiger partial charge is 0.399 e. The van der Waals surface area contributed by atoms with E-state index in [9.17, 15) is 4.79 Å². The summed E-state index contributed by atoms with van der Waals surface area (Å²) in [6.07, 6.45) is 4.10. The molecule has 0 fully saturated rings. The minimum atomic E-state index is 0.384. The van der Waals surface area contributed by atoms with Crippen LogP contribution in [0.25, 0.3) is 0 Å². The number of rotatable bonds is 5. The molecule has 0 aliphatic rings. The Balaban J connectivity index is 2.48. The molecule has 1 aromatic rings. The van der Waals surface area contributed by atoms with Crippen molar-refractivity contribution in [1.82, 2.24) is 4.98 Å². The number of aldehydes is 1. The van der Waals surface area contributed by atoms with Gasteiger partial charge >= 0.3 is 0 Å². The summed E-state index contributed by atoms with van der Waals surface area (Å²) in [5.74, 6) is 0.501. The lowest BCUT2D eigenvalue weighted by molar-refractivity contribution is -0.102. The molecule has 0 aromatic carbocycles. The molecule has 0 aliphatic heterocycles. The molecule has 0 bridgehead atoms. The van der Waals surface area contributed by atoms with Crippen molar-refractivity contribution in [2.75, 3.05) is 12.9 Å². The maximum absolute atomic E-state index is 10.5. The van der Waals surface area contributed by atoms with E-state index in [2.05, 4.69) is 15.0 Å². The molecule has 1 rings (SSSR count). The summed E-state index contributed by atoms with van der Waals surface area (Å²) in [7, 11) is 1.42. The third-order valence-electron chi connectivity index (χ3n) is 1.38. The molecule has 0 spiro atoms. The minimum absolute atomic E-state index is 0.384. The van der Waals surface area contributed by atoms with Gasteiger partial charge in [-0.1, -0.05) is 5.16 Å². The van der Waals surface area contributed by atoms with Crippen LogP contribution in [-0.4, -0.2) is 29.8 Å². The molecule has 0 N–H and O–H groups in total. The van der Waals surface area contributed by atoms with Gasteiger partial charge in [-0.15, -0.1) is 11.8 Å². The second kappa shape index (κ2) is 6.15. The van der Waals surface area contributed by atoms with Gasteiger partial charge in [-0.25, -0.2) is 0 Å². The Morgan fingerprint density at radius 2 is 2.36 bits per heavy atom. The first-order chi connectivity index (χ1) is 6.86. The number of aromatic nitrogens is 1. The van der Waals surface area contributed by atoms with E-state index in [1.54, 1.807) is 12.4 Å². The smallest absolute Gasteiger partial charge is 0.168 e. The molecule has 14 heavy (non-hydrogen) atoms. The number of hydrogen-bond acceptors (Lipinski definition) is 5. The van der Waals surface area contributed by atoms with E-state index in [1.807, 2.05) is 12.1 Å². The molecule has 0 radical (unpaired) electrons. The molecule has 0 aliphatic carbocycles. The highest BCUT2D eigenvalue weighted by molar-refractivity contribution is 8.00. The topological polar surface area (TPSA) is 51.5 Å². The van der Waals surface area contributed by atoms with Crippen LogP contribution >= 0.6 is 11.8 Å². The number of thioether (sulfide) groups is 1. The van der Waals surface area contributed by atoms with E-state index >= 15 is 0 Å². The maximum atomic E-state index is 10.5. The number of oxime groups is 1. The first-order valence-electron chi connectivity index (χ1n) is 3.95. The zero-order valence-corrected chi connectivity index (χ0v) is 8.53. The van der Waals surface area contributed by atoms with Gasteiger partial charge in [0.25, 0.3) is 0 Å². The van der Waals surface area contributed by atoms with Crippen molar-refractivity contribution in [1.29, 1.82) is 0 Å². The van der Waals surface area contributed by atoms with Crippen LogP contribution in [0.2, 0.25) is 0 Å². The Morgan fingerprint density at radius 1 is 1.64 bits per heavy atom. The molecule has 74 valence electrons. The quantitative estimate of drug-likeness (QED) is 0.319. The highest BCUT2D eigenvalue weighted by atomic mass is 32.2. The fourth-order valence-corrected chi connectivity index (χ4v) is 1.54. The SMILES string of the molecule is CO/N=C(\C=O)CSc1ccncc1. The van der Waals surface area contributed by atoms with E-state index < -0.39 is 0 Å². The van der Waals surface area contributed by atoms with Crippen LogP contribution in [0.1, 0.15) is 0 Å². The van der Waals surface area contributed by atoms with Gasteiger partial charge in [0.2, 0.25) is 0 Å². The molecule has 0 amide bonds. The predicted molar refractivity (Wildman–Crippen MR) is 55.5 cm³/mol. The van der Waals surface area contributed by atoms with Gasteiger partial charge in [-0.05, 0) is 12.1 Å². The van der Waals surface area contributed by atoms with Crippen LogP contribution in [-0.2, 0) is 9.63 Å². The van der Waals surface area contributed by atoms with Gasteiger partial charge in [0, 0.05) is 23.0 Å². The van der Waals surface area contributed by atoms with E-state index in [-0.39, 0.29) is 0 Å². The van der Waals surface area contributed by atoms with Crippen LogP contribution in [0.15, 0.2) is 34.6 Å². The first-order valence-corrected chi connectivity index (χ1v) is 4.93. The molecule has 0 unspecified atom stereocenters. The number of hydrogen-bond donors (Lipinski definition) is 0. The second-order valence-electron chi connectivity index (χ2n) is 2.35. The van der Waals surface area contributed by atoms with Crippen molar-refractivity contribution in [3.05, 3.63) is 24.5 Å². The Kier molecular flexibility index (Phi) is 4.71. The molecule has 1 heterocycles. The zero-order valence-electron chi connectivity index (χ0n) is 7.71. The number of carbonyl (C=O) groups is 1. The summed E-state index contributed by atoms with van der Waals surface area (Å²) in [5, 5.41) is 3.57. The average Bonchev–Trinajstić information content (AvgIpc) is 2.25. The van der Waals surface area contributed by atoms with Gasteiger partial charge in [0.15, 0.2) is 6.29 Å². The van der Waals surface area contributed by atoms with Gasteiger partial charge in [-0.3, -0.25) is 9.78 Å². The molecule has 0 atom stereocenters. The lowest BCUT2D eigenvalue weighted by Gasteiger charge is -1.98. The maximum Gasteiger partial charge on any atom is 0.168 e. The molecule has 4 nitrogen and oxygen atoms in total. The summed E-state index contributed by atoms with van der Waals surface area (Å²) in [5.41, 5.74) is 0.384. The van der Waals surface area contributed by atoms with Crippen molar-refractivity contribution < 1.29 is 9.63 Å². The second-order valence-corrected chi connectivity index (χ2v) is 3.40. The Bertz CT molecular complexity index is 314. The van der Waals surface area contributed by atoms with Crippen LogP contribution in [0.5, 0.6) is 0 Å². The highest BCUT2D eigenvalue weighted by Gasteiger charge is 1.99. The van der Waals surface area contributed by atoms with Crippen LogP contribution in [0.3, 0.4) is 0 Å². The predicted octanol–water partition coefficient (Wildman–Crippen LogP) is 1.38. The fourth-order valence-electron chi connectivity index (χ4n) is 0.791. The van der Waals surface area contributed by atoms with Crippen LogP contribution < -0.4 is 0 Å². The highest BCUT2D eigenvalue weighted by Crippen LogP contribution is 2.15. The molecule has 1 aromatic heterocycles. The van der Waals surface area contributed by atoms with Crippen LogP contribution in [0, 0.1) is 0 Å². The summed E-state index contributed by atoms with van der Waals surface area (Å²) < 4.78 is 0.